The molecule has 6 atom stereocenters. The summed E-state index contributed by atoms with van der Waals surface area (Å²) in [5.41, 5.74) is 0.947. The Morgan fingerprint density at radius 3 is 2.24 bits per heavy atom. The lowest BCUT2D eigenvalue weighted by Crippen LogP contribution is -2.60. The first-order chi connectivity index (χ1) is 21.4. The minimum atomic E-state index is -2.12. The van der Waals surface area contributed by atoms with Crippen LogP contribution in [0.4, 0.5) is 15.8 Å². The zero-order valence-corrected chi connectivity index (χ0v) is 24.7. The van der Waals surface area contributed by atoms with Crippen LogP contribution in [-0.2, 0) is 19.2 Å². The predicted octanol–water partition coefficient (Wildman–Crippen LogP) is 5.00. The molecule has 2 N–H and O–H groups in total. The summed E-state index contributed by atoms with van der Waals surface area (Å²) in [5.74, 6) is -8.51. The first-order valence-corrected chi connectivity index (χ1v) is 14.9. The Balaban J connectivity index is 1.38. The molecule has 3 aromatic carbocycles. The van der Waals surface area contributed by atoms with Crippen LogP contribution in [0, 0.1) is 23.6 Å². The van der Waals surface area contributed by atoms with Crippen LogP contribution in [0.2, 0.25) is 0 Å². The second-order valence-electron chi connectivity index (χ2n) is 11.7. The number of carbonyl (C=O) groups excluding carboxylic acids is 4. The predicted molar refractivity (Wildman–Crippen MR) is 161 cm³/mol. The van der Waals surface area contributed by atoms with Crippen LogP contribution in [0.1, 0.15) is 34.7 Å². The van der Waals surface area contributed by atoms with Gasteiger partial charge in [0.15, 0.2) is 9.75 Å². The summed E-state index contributed by atoms with van der Waals surface area (Å²) in [5, 5.41) is 19.9. The van der Waals surface area contributed by atoms with Crippen molar-refractivity contribution in [1.29, 1.82) is 0 Å². The highest BCUT2D eigenvalue weighted by Crippen LogP contribution is 2.66. The molecule has 2 aliphatic heterocycles. The number of allylic oxidation sites excluding steroid dienone is 2. The normalized spacial score (nSPS) is 30.6. The fraction of sp³-hybridized carbons (Fsp3) is 0.242. The van der Waals surface area contributed by atoms with E-state index in [4.69, 9.17) is 23.2 Å². The van der Waals surface area contributed by atoms with Gasteiger partial charge in [-0.1, -0.05) is 29.8 Å². The summed E-state index contributed by atoms with van der Waals surface area (Å²) in [6.07, 6.45) is 1.59. The number of rotatable bonds is 4. The number of phenolic OH excluding ortho intramolecular Hbond substituents is 1. The molecule has 6 unspecified atom stereocenters. The third-order valence-corrected chi connectivity index (χ3v) is 10.9. The third kappa shape index (κ3) is 3.95. The Hall–Kier alpha value is -4.54. The minimum Gasteiger partial charge on any atom is -0.508 e. The van der Waals surface area contributed by atoms with Crippen LogP contribution in [-0.4, -0.2) is 49.6 Å². The Kier molecular flexibility index (Phi) is 6.48. The minimum absolute atomic E-state index is 0.0574. The van der Waals surface area contributed by atoms with E-state index < -0.39 is 68.8 Å². The zero-order valence-electron chi connectivity index (χ0n) is 23.2. The molecule has 45 heavy (non-hydrogen) atoms. The summed E-state index contributed by atoms with van der Waals surface area (Å²) in [6.45, 7) is 0. The fourth-order valence-electron chi connectivity index (χ4n) is 7.51. The first-order valence-electron chi connectivity index (χ1n) is 14.1. The number of carboxylic acids is 1. The summed E-state index contributed by atoms with van der Waals surface area (Å²) in [4.78, 5) is 65.6. The van der Waals surface area contributed by atoms with Gasteiger partial charge in [-0.25, -0.2) is 14.1 Å². The molecule has 2 aliphatic carbocycles. The quantitative estimate of drug-likeness (QED) is 0.231. The number of carbonyl (C=O) groups is 5. The van der Waals surface area contributed by atoms with E-state index in [0.717, 1.165) is 21.9 Å². The van der Waals surface area contributed by atoms with Crippen LogP contribution >= 0.6 is 23.2 Å². The van der Waals surface area contributed by atoms with Gasteiger partial charge in [-0.05, 0) is 78.9 Å². The van der Waals surface area contributed by atoms with Gasteiger partial charge < -0.3 is 10.2 Å². The van der Waals surface area contributed by atoms with Gasteiger partial charge in [0.2, 0.25) is 11.8 Å². The summed E-state index contributed by atoms with van der Waals surface area (Å²) in [7, 11) is 0. The summed E-state index contributed by atoms with van der Waals surface area (Å²) >= 11 is 14.6. The monoisotopic (exact) mass is 648 g/mol. The van der Waals surface area contributed by atoms with Gasteiger partial charge in [0.05, 0.1) is 28.8 Å². The molecule has 228 valence electrons. The van der Waals surface area contributed by atoms with Crippen molar-refractivity contribution in [3.05, 3.63) is 101 Å². The van der Waals surface area contributed by atoms with Crippen LogP contribution < -0.4 is 9.80 Å². The highest BCUT2D eigenvalue weighted by molar-refractivity contribution is 6.58. The number of anilines is 2. The van der Waals surface area contributed by atoms with Crippen molar-refractivity contribution in [2.24, 2.45) is 17.8 Å². The number of halogens is 3. The Morgan fingerprint density at radius 1 is 0.844 bits per heavy atom. The largest absolute Gasteiger partial charge is 0.508 e. The van der Waals surface area contributed by atoms with Crippen molar-refractivity contribution in [2.45, 2.75) is 28.5 Å². The maximum absolute atomic E-state index is 14.3. The number of imide groups is 2. The number of phenols is 1. The molecule has 2 saturated heterocycles. The Labute approximate surface area is 265 Å². The fourth-order valence-corrected chi connectivity index (χ4v) is 8.44. The molecular formula is C33H23Cl2FN2O7. The molecule has 3 fully saturated rings. The van der Waals surface area contributed by atoms with Crippen LogP contribution in [0.25, 0.3) is 0 Å². The molecule has 3 aromatic rings. The average Bonchev–Trinajstić information content (AvgIpc) is 3.35. The van der Waals surface area contributed by atoms with E-state index in [9.17, 15) is 38.6 Å². The van der Waals surface area contributed by atoms with E-state index in [0.29, 0.717) is 11.1 Å². The lowest BCUT2D eigenvalue weighted by molar-refractivity contribution is -0.125. The smallest absolute Gasteiger partial charge is 0.335 e. The number of hydrogen-bond acceptors (Lipinski definition) is 6. The maximum Gasteiger partial charge on any atom is 0.335 e. The van der Waals surface area contributed by atoms with Crippen molar-refractivity contribution in [1.82, 2.24) is 0 Å². The molecule has 4 amide bonds. The van der Waals surface area contributed by atoms with E-state index in [1.54, 1.807) is 18.2 Å². The van der Waals surface area contributed by atoms with Crippen molar-refractivity contribution in [2.75, 3.05) is 9.80 Å². The molecule has 0 bridgehead atoms. The van der Waals surface area contributed by atoms with E-state index >= 15 is 0 Å². The van der Waals surface area contributed by atoms with E-state index in [1.165, 1.54) is 48.5 Å². The van der Waals surface area contributed by atoms with Crippen molar-refractivity contribution < 1.29 is 38.6 Å². The molecular weight excluding hydrogens is 626 g/mol. The zero-order chi connectivity index (χ0) is 32.0. The first kappa shape index (κ1) is 29.2. The van der Waals surface area contributed by atoms with Gasteiger partial charge in [-0.2, -0.15) is 0 Å². The second kappa shape index (κ2) is 9.98. The lowest BCUT2D eigenvalue weighted by atomic mass is 9.56. The van der Waals surface area contributed by atoms with Gasteiger partial charge in [-0.15, -0.1) is 23.2 Å². The van der Waals surface area contributed by atoms with Gasteiger partial charge in [-0.3, -0.25) is 24.1 Å². The van der Waals surface area contributed by atoms with Gasteiger partial charge in [0.1, 0.15) is 11.6 Å². The molecule has 2 heterocycles. The number of nitrogens with zero attached hydrogens (tertiary/aromatic N) is 2. The Bertz CT molecular complexity index is 1880. The maximum atomic E-state index is 14.3. The van der Waals surface area contributed by atoms with Gasteiger partial charge in [0.25, 0.3) is 11.8 Å². The standard InChI is InChI=1S/C33H23Cl2FN2O7/c34-32-15-24-22(11-12-23-25(24)28(41)37(27(23)40)20-5-1-4-17(13-20)29(42)43)26(16-3-2-6-21(39)14-16)33(32,35)31(45)38(30(32)44)19-9-7-18(36)8-10-19/h1-11,13-14,23-26,39H,12,15H2,(H,42,43). The average molecular weight is 649 g/mol. The molecule has 1 saturated carbocycles. The highest BCUT2D eigenvalue weighted by atomic mass is 35.5. The van der Waals surface area contributed by atoms with Crippen molar-refractivity contribution in [3.63, 3.8) is 0 Å². The van der Waals surface area contributed by atoms with E-state index in [2.05, 4.69) is 0 Å². The number of amides is 4. The molecule has 12 heteroatoms. The number of fused-ring (bicyclic) bond motifs is 4. The SMILES string of the molecule is O=C(O)c1cccc(N2C(=O)C3CC=C4C(CC5(Cl)C(=O)N(c6ccc(F)cc6)C(=O)C5(Cl)C4c4cccc(O)c4)C3C2=O)c1. The van der Waals surface area contributed by atoms with E-state index in [1.807, 2.05) is 0 Å². The van der Waals surface area contributed by atoms with Crippen LogP contribution in [0.5, 0.6) is 5.75 Å². The number of hydrogen-bond donors (Lipinski definition) is 2. The number of aromatic carboxylic acids is 1. The van der Waals surface area contributed by atoms with Gasteiger partial charge >= 0.3 is 5.97 Å². The van der Waals surface area contributed by atoms with Gasteiger partial charge in [0, 0.05) is 5.92 Å². The van der Waals surface area contributed by atoms with E-state index in [-0.39, 0.29) is 35.5 Å². The van der Waals surface area contributed by atoms with Crippen LogP contribution in [0.3, 0.4) is 0 Å². The number of aromatic hydroxyl groups is 1. The second-order valence-corrected chi connectivity index (χ2v) is 13.0. The summed E-state index contributed by atoms with van der Waals surface area (Å²) in [6, 6.07) is 16.2. The molecule has 0 radical (unpaired) electrons. The topological polar surface area (TPSA) is 132 Å². The molecule has 0 aromatic heterocycles. The molecule has 0 spiro atoms. The van der Waals surface area contributed by atoms with Crippen molar-refractivity contribution in [3.8, 4) is 5.75 Å². The molecule has 7 rings (SSSR count). The Morgan fingerprint density at radius 2 is 1.56 bits per heavy atom. The van der Waals surface area contributed by atoms with Crippen LogP contribution in [0.15, 0.2) is 84.4 Å². The highest BCUT2D eigenvalue weighted by Gasteiger charge is 2.76. The number of alkyl halides is 2. The molecule has 9 nitrogen and oxygen atoms in total. The summed E-state index contributed by atoms with van der Waals surface area (Å²) < 4.78 is 13.8. The third-order valence-electron chi connectivity index (χ3n) is 9.45. The van der Waals surface area contributed by atoms with Crippen molar-refractivity contribution >= 4 is 64.2 Å². The number of benzene rings is 3. The lowest BCUT2D eigenvalue weighted by Gasteiger charge is -2.50. The molecule has 4 aliphatic rings. The number of carboxylic acid groups (broad SMARTS) is 1.